The van der Waals surface area contributed by atoms with E-state index < -0.39 is 12.1 Å². The molecule has 21 heavy (non-hydrogen) atoms. The van der Waals surface area contributed by atoms with Crippen molar-refractivity contribution in [2.24, 2.45) is 0 Å². The van der Waals surface area contributed by atoms with E-state index in [2.05, 4.69) is 10.3 Å². The quantitative estimate of drug-likeness (QED) is 0.897. The van der Waals surface area contributed by atoms with Gasteiger partial charge >= 0.3 is 5.97 Å². The fourth-order valence-electron chi connectivity index (χ4n) is 2.34. The van der Waals surface area contributed by atoms with Gasteiger partial charge in [-0.05, 0) is 31.0 Å². The van der Waals surface area contributed by atoms with E-state index in [-0.39, 0.29) is 12.0 Å². The molecule has 0 spiro atoms. The summed E-state index contributed by atoms with van der Waals surface area (Å²) in [6.07, 6.45) is 0.149. The Morgan fingerprint density at radius 3 is 3.05 bits per heavy atom. The monoisotopic (exact) mass is 306 g/mol. The first kappa shape index (κ1) is 14.0. The van der Waals surface area contributed by atoms with E-state index in [1.165, 1.54) is 11.3 Å². The molecule has 1 saturated heterocycles. The molecule has 110 valence electrons. The second kappa shape index (κ2) is 5.79. The molecular formula is C14H14N2O4S. The number of carboxylic acids is 1. The summed E-state index contributed by atoms with van der Waals surface area (Å²) < 4.78 is 6.31. The molecule has 0 bridgehead atoms. The van der Waals surface area contributed by atoms with E-state index in [1.54, 1.807) is 17.6 Å². The van der Waals surface area contributed by atoms with Crippen molar-refractivity contribution < 1.29 is 19.4 Å². The number of aromatic nitrogens is 1. The molecule has 2 unspecified atom stereocenters. The lowest BCUT2D eigenvalue weighted by Gasteiger charge is -2.12. The van der Waals surface area contributed by atoms with Gasteiger partial charge < -0.3 is 15.2 Å². The molecule has 6 nitrogen and oxygen atoms in total. The molecule has 2 heterocycles. The number of carbonyl (C=O) groups is 2. The van der Waals surface area contributed by atoms with Crippen LogP contribution in [-0.2, 0) is 9.53 Å². The smallest absolute Gasteiger partial charge is 0.332 e. The summed E-state index contributed by atoms with van der Waals surface area (Å²) in [5.74, 6) is -1.13. The van der Waals surface area contributed by atoms with Crippen LogP contribution in [0.4, 0.5) is 0 Å². The number of carbonyl (C=O) groups excluding carboxylic acids is 1. The second-order valence-corrected chi connectivity index (χ2v) is 5.79. The first-order valence-electron chi connectivity index (χ1n) is 6.63. The molecular weight excluding hydrogens is 292 g/mol. The van der Waals surface area contributed by atoms with Crippen molar-refractivity contribution >= 4 is 33.4 Å². The number of carboxylic acid groups (broad SMARTS) is 1. The van der Waals surface area contributed by atoms with Crippen LogP contribution < -0.4 is 5.32 Å². The maximum atomic E-state index is 12.1. The lowest BCUT2D eigenvalue weighted by atomic mass is 10.1. The van der Waals surface area contributed by atoms with E-state index in [4.69, 9.17) is 9.84 Å². The largest absolute Gasteiger partial charge is 0.479 e. The van der Waals surface area contributed by atoms with Crippen molar-refractivity contribution in [3.8, 4) is 0 Å². The van der Waals surface area contributed by atoms with Crippen molar-refractivity contribution in [3.63, 3.8) is 0 Å². The number of hydrogen-bond donors (Lipinski definition) is 2. The van der Waals surface area contributed by atoms with Crippen LogP contribution in [0.15, 0.2) is 23.7 Å². The number of thiazole rings is 1. The first-order chi connectivity index (χ1) is 10.1. The van der Waals surface area contributed by atoms with E-state index in [0.717, 1.165) is 10.2 Å². The van der Waals surface area contributed by atoms with Gasteiger partial charge in [0.25, 0.3) is 5.91 Å². The van der Waals surface area contributed by atoms with Crippen molar-refractivity contribution in [2.45, 2.75) is 25.0 Å². The number of aliphatic carboxylic acids is 1. The Bertz CT molecular complexity index is 684. The van der Waals surface area contributed by atoms with Crippen LogP contribution in [0.5, 0.6) is 0 Å². The number of ether oxygens (including phenoxy) is 1. The van der Waals surface area contributed by atoms with Crippen molar-refractivity contribution in [2.75, 3.05) is 6.54 Å². The minimum atomic E-state index is -0.945. The number of nitrogens with zero attached hydrogens (tertiary/aromatic N) is 1. The van der Waals surface area contributed by atoms with E-state index in [0.29, 0.717) is 24.9 Å². The van der Waals surface area contributed by atoms with E-state index in [9.17, 15) is 9.59 Å². The summed E-state index contributed by atoms with van der Waals surface area (Å²) >= 11 is 1.48. The van der Waals surface area contributed by atoms with E-state index >= 15 is 0 Å². The number of benzene rings is 1. The third-order valence-electron chi connectivity index (χ3n) is 3.47. The SMILES string of the molecule is O=C(NCC1CCC(C(=O)O)O1)c1ccc2ncsc2c1. The van der Waals surface area contributed by atoms with Crippen LogP contribution in [0.2, 0.25) is 0 Å². The molecule has 1 aromatic carbocycles. The number of hydrogen-bond acceptors (Lipinski definition) is 5. The van der Waals surface area contributed by atoms with Gasteiger partial charge in [-0.3, -0.25) is 4.79 Å². The molecule has 0 aliphatic carbocycles. The molecule has 0 saturated carbocycles. The molecule has 0 radical (unpaired) electrons. The summed E-state index contributed by atoms with van der Waals surface area (Å²) in [7, 11) is 0. The molecule has 2 atom stereocenters. The Kier molecular flexibility index (Phi) is 3.85. The summed E-state index contributed by atoms with van der Waals surface area (Å²) in [4.78, 5) is 27.0. The van der Waals surface area contributed by atoms with Gasteiger partial charge in [0.2, 0.25) is 0 Å². The number of amides is 1. The van der Waals surface area contributed by atoms with Crippen LogP contribution in [0.1, 0.15) is 23.2 Å². The van der Waals surface area contributed by atoms with Crippen LogP contribution in [0.3, 0.4) is 0 Å². The zero-order valence-electron chi connectivity index (χ0n) is 11.1. The zero-order chi connectivity index (χ0) is 14.8. The van der Waals surface area contributed by atoms with Crippen LogP contribution in [0.25, 0.3) is 10.2 Å². The maximum absolute atomic E-state index is 12.1. The molecule has 1 amide bonds. The molecule has 2 N–H and O–H groups in total. The minimum absolute atomic E-state index is 0.187. The number of fused-ring (bicyclic) bond motifs is 1. The van der Waals surface area contributed by atoms with Gasteiger partial charge in [0.05, 0.1) is 21.8 Å². The third kappa shape index (κ3) is 3.03. The Hall–Kier alpha value is -1.99. The van der Waals surface area contributed by atoms with Crippen molar-refractivity contribution in [1.82, 2.24) is 10.3 Å². The standard InChI is InChI=1S/C14H14N2O4S/c17-13(8-1-3-10-12(5-8)21-7-16-10)15-6-9-2-4-11(20-9)14(18)19/h1,3,5,7,9,11H,2,4,6H2,(H,15,17)(H,18,19). The van der Waals surface area contributed by atoms with Crippen LogP contribution >= 0.6 is 11.3 Å². The van der Waals surface area contributed by atoms with Gasteiger partial charge in [-0.25, -0.2) is 9.78 Å². The molecule has 1 fully saturated rings. The normalized spacial score (nSPS) is 21.5. The Morgan fingerprint density at radius 2 is 2.29 bits per heavy atom. The highest BCUT2D eigenvalue weighted by Gasteiger charge is 2.30. The minimum Gasteiger partial charge on any atom is -0.479 e. The topological polar surface area (TPSA) is 88.5 Å². The maximum Gasteiger partial charge on any atom is 0.332 e. The van der Waals surface area contributed by atoms with Crippen molar-refractivity contribution in [3.05, 3.63) is 29.3 Å². The first-order valence-corrected chi connectivity index (χ1v) is 7.51. The van der Waals surface area contributed by atoms with Gasteiger partial charge in [-0.2, -0.15) is 0 Å². The van der Waals surface area contributed by atoms with Gasteiger partial charge in [0.1, 0.15) is 0 Å². The average Bonchev–Trinajstić information content (AvgIpc) is 3.12. The highest BCUT2D eigenvalue weighted by molar-refractivity contribution is 7.16. The molecule has 3 rings (SSSR count). The predicted octanol–water partition coefficient (Wildman–Crippen LogP) is 1.66. The molecule has 2 aromatic rings. The molecule has 1 aliphatic heterocycles. The third-order valence-corrected chi connectivity index (χ3v) is 4.26. The lowest BCUT2D eigenvalue weighted by molar-refractivity contribution is -0.149. The highest BCUT2D eigenvalue weighted by Crippen LogP contribution is 2.20. The summed E-state index contributed by atoms with van der Waals surface area (Å²) in [6, 6.07) is 5.35. The Balaban J connectivity index is 1.58. The number of rotatable bonds is 4. The average molecular weight is 306 g/mol. The van der Waals surface area contributed by atoms with Gasteiger partial charge in [0, 0.05) is 12.1 Å². The Labute approximate surface area is 124 Å². The Morgan fingerprint density at radius 1 is 1.43 bits per heavy atom. The van der Waals surface area contributed by atoms with E-state index in [1.807, 2.05) is 6.07 Å². The van der Waals surface area contributed by atoms with Gasteiger partial charge in [-0.15, -0.1) is 11.3 Å². The van der Waals surface area contributed by atoms with Gasteiger partial charge in [-0.1, -0.05) is 0 Å². The van der Waals surface area contributed by atoms with Crippen molar-refractivity contribution in [1.29, 1.82) is 0 Å². The van der Waals surface area contributed by atoms with Crippen LogP contribution in [-0.4, -0.2) is 40.7 Å². The van der Waals surface area contributed by atoms with Gasteiger partial charge in [0.15, 0.2) is 6.10 Å². The zero-order valence-corrected chi connectivity index (χ0v) is 11.9. The molecule has 1 aromatic heterocycles. The molecule has 7 heteroatoms. The molecule has 1 aliphatic rings. The lowest BCUT2D eigenvalue weighted by Crippen LogP contribution is -2.33. The highest BCUT2D eigenvalue weighted by atomic mass is 32.1. The fraction of sp³-hybridized carbons (Fsp3) is 0.357. The summed E-state index contributed by atoms with van der Waals surface area (Å²) in [6.45, 7) is 0.323. The number of nitrogens with one attached hydrogen (secondary N) is 1. The van der Waals surface area contributed by atoms with Crippen LogP contribution in [0, 0.1) is 0 Å². The second-order valence-electron chi connectivity index (χ2n) is 4.91. The summed E-state index contributed by atoms with van der Waals surface area (Å²) in [5, 5.41) is 11.6. The summed E-state index contributed by atoms with van der Waals surface area (Å²) in [5.41, 5.74) is 3.18. The fourth-order valence-corrected chi connectivity index (χ4v) is 3.06. The predicted molar refractivity (Wildman–Crippen MR) is 77.5 cm³/mol.